The maximum Gasteiger partial charge on any atom is 0.260 e. The lowest BCUT2D eigenvalue weighted by atomic mass is 10.2. The van der Waals surface area contributed by atoms with Gasteiger partial charge in [0.25, 0.3) is 5.91 Å². The monoisotopic (exact) mass is 353 g/mol. The number of ether oxygens (including phenoxy) is 1. The molecule has 8 heteroatoms. The molecule has 0 bridgehead atoms. The fraction of sp³-hybridized carbons (Fsp3) is 0. The zero-order valence-electron chi connectivity index (χ0n) is 11.0. The zero-order valence-corrected chi connectivity index (χ0v) is 13.3. The van der Waals surface area contributed by atoms with Crippen molar-refractivity contribution in [2.45, 2.75) is 0 Å². The number of anilines is 1. The SMILES string of the molecule is NC(=O)c1sc2nccc(Oc3cccc(Cl)c3Cl)c2c1N. The van der Waals surface area contributed by atoms with E-state index >= 15 is 0 Å². The molecule has 1 amide bonds. The van der Waals surface area contributed by atoms with Crippen molar-refractivity contribution in [1.82, 2.24) is 4.98 Å². The predicted octanol–water partition coefficient (Wildman–Crippen LogP) is 4.08. The highest BCUT2D eigenvalue weighted by Crippen LogP contribution is 2.41. The zero-order chi connectivity index (χ0) is 15.9. The van der Waals surface area contributed by atoms with Crippen LogP contribution in [0.1, 0.15) is 9.67 Å². The van der Waals surface area contributed by atoms with Crippen LogP contribution in [0.2, 0.25) is 10.0 Å². The number of aromatic nitrogens is 1. The summed E-state index contributed by atoms with van der Waals surface area (Å²) < 4.78 is 5.80. The molecule has 0 aliphatic carbocycles. The van der Waals surface area contributed by atoms with Crippen LogP contribution in [0.4, 0.5) is 5.69 Å². The molecule has 3 aromatic rings. The topological polar surface area (TPSA) is 91.2 Å². The lowest BCUT2D eigenvalue weighted by molar-refractivity contribution is 0.100. The number of nitrogens with zero attached hydrogens (tertiary/aromatic N) is 1. The number of primary amides is 1. The average Bonchev–Trinajstić information content (AvgIpc) is 2.82. The van der Waals surface area contributed by atoms with Crippen LogP contribution in [0, 0.1) is 0 Å². The maximum absolute atomic E-state index is 11.4. The number of benzene rings is 1. The van der Waals surface area contributed by atoms with Crippen LogP contribution < -0.4 is 16.2 Å². The van der Waals surface area contributed by atoms with Gasteiger partial charge in [0.2, 0.25) is 0 Å². The van der Waals surface area contributed by atoms with E-state index in [1.165, 1.54) is 0 Å². The number of amides is 1. The Hall–Kier alpha value is -2.02. The molecule has 0 radical (unpaired) electrons. The van der Waals surface area contributed by atoms with E-state index in [0.717, 1.165) is 11.3 Å². The summed E-state index contributed by atoms with van der Waals surface area (Å²) in [6.45, 7) is 0. The third-order valence-electron chi connectivity index (χ3n) is 2.95. The summed E-state index contributed by atoms with van der Waals surface area (Å²) in [5.74, 6) is 0.204. The van der Waals surface area contributed by atoms with Gasteiger partial charge in [0.05, 0.1) is 16.1 Å². The summed E-state index contributed by atoms with van der Waals surface area (Å²) in [7, 11) is 0. The van der Waals surface area contributed by atoms with Gasteiger partial charge in [-0.1, -0.05) is 29.3 Å². The Morgan fingerprint density at radius 2 is 2.00 bits per heavy atom. The van der Waals surface area contributed by atoms with Gasteiger partial charge in [-0.2, -0.15) is 0 Å². The molecule has 1 aromatic carbocycles. The maximum atomic E-state index is 11.4. The van der Waals surface area contributed by atoms with Gasteiger partial charge >= 0.3 is 0 Å². The van der Waals surface area contributed by atoms with Crippen molar-refractivity contribution in [2.24, 2.45) is 5.73 Å². The highest BCUT2D eigenvalue weighted by atomic mass is 35.5. The molecular formula is C14H9Cl2N3O2S. The largest absolute Gasteiger partial charge is 0.455 e. The number of hydrogen-bond donors (Lipinski definition) is 2. The van der Waals surface area contributed by atoms with Crippen LogP contribution in [-0.2, 0) is 0 Å². The molecule has 0 spiro atoms. The van der Waals surface area contributed by atoms with E-state index in [9.17, 15) is 4.79 Å². The second kappa shape index (κ2) is 5.64. The second-order valence-corrected chi connectivity index (χ2v) is 6.14. The molecule has 2 aromatic heterocycles. The standard InChI is InChI=1S/C14H9Cl2N3O2S/c15-6-2-1-3-8(10(6)16)21-7-4-5-19-14-9(7)11(17)12(22-14)13(18)20/h1-5H,17H2,(H2,18,20). The summed E-state index contributed by atoms with van der Waals surface area (Å²) in [4.78, 5) is 16.4. The number of halogens is 2. The summed E-state index contributed by atoms with van der Waals surface area (Å²) in [5, 5.41) is 1.19. The number of carbonyl (C=O) groups excluding carboxylic acids is 1. The molecule has 112 valence electrons. The first-order valence-corrected chi connectivity index (χ1v) is 7.65. The highest BCUT2D eigenvalue weighted by molar-refractivity contribution is 7.21. The van der Waals surface area contributed by atoms with E-state index in [1.807, 2.05) is 0 Å². The molecule has 0 aliphatic heterocycles. The van der Waals surface area contributed by atoms with Crippen LogP contribution in [0.15, 0.2) is 30.5 Å². The number of thiophene rings is 1. The van der Waals surface area contributed by atoms with Crippen molar-refractivity contribution in [3.63, 3.8) is 0 Å². The van der Waals surface area contributed by atoms with Crippen LogP contribution in [0.25, 0.3) is 10.2 Å². The first-order valence-electron chi connectivity index (χ1n) is 6.07. The molecule has 0 atom stereocenters. The molecule has 2 heterocycles. The molecule has 0 saturated carbocycles. The molecule has 0 aliphatic rings. The van der Waals surface area contributed by atoms with Gasteiger partial charge in [-0.3, -0.25) is 4.79 Å². The normalized spacial score (nSPS) is 10.8. The number of nitrogen functional groups attached to an aromatic ring is 1. The van der Waals surface area contributed by atoms with E-state index < -0.39 is 5.91 Å². The Bertz CT molecular complexity index is 895. The molecule has 0 unspecified atom stereocenters. The quantitative estimate of drug-likeness (QED) is 0.741. The second-order valence-electron chi connectivity index (χ2n) is 4.35. The number of pyridine rings is 1. The van der Waals surface area contributed by atoms with Crippen molar-refractivity contribution >= 4 is 56.3 Å². The average molecular weight is 354 g/mol. The minimum Gasteiger partial charge on any atom is -0.455 e. The third-order valence-corrected chi connectivity index (χ3v) is 4.88. The lowest BCUT2D eigenvalue weighted by Gasteiger charge is -2.09. The van der Waals surface area contributed by atoms with Crippen molar-refractivity contribution in [1.29, 1.82) is 0 Å². The minimum absolute atomic E-state index is 0.244. The number of carbonyl (C=O) groups is 1. The summed E-state index contributed by atoms with van der Waals surface area (Å²) in [6.07, 6.45) is 1.55. The van der Waals surface area contributed by atoms with Crippen LogP contribution >= 0.6 is 34.5 Å². The van der Waals surface area contributed by atoms with Crippen molar-refractivity contribution in [3.05, 3.63) is 45.4 Å². The van der Waals surface area contributed by atoms with E-state index in [0.29, 0.717) is 26.7 Å². The van der Waals surface area contributed by atoms with Gasteiger partial charge in [0.1, 0.15) is 26.2 Å². The van der Waals surface area contributed by atoms with Gasteiger partial charge in [0.15, 0.2) is 0 Å². The Morgan fingerprint density at radius 1 is 1.23 bits per heavy atom. The van der Waals surface area contributed by atoms with E-state index in [4.69, 9.17) is 39.4 Å². The van der Waals surface area contributed by atoms with Gasteiger partial charge < -0.3 is 16.2 Å². The van der Waals surface area contributed by atoms with Gasteiger partial charge in [-0.05, 0) is 18.2 Å². The molecule has 5 nitrogen and oxygen atoms in total. The number of hydrogen-bond acceptors (Lipinski definition) is 5. The number of nitrogens with two attached hydrogens (primary N) is 2. The molecule has 0 saturated heterocycles. The van der Waals surface area contributed by atoms with E-state index in [-0.39, 0.29) is 15.6 Å². The van der Waals surface area contributed by atoms with Crippen LogP contribution in [0.5, 0.6) is 11.5 Å². The first-order chi connectivity index (χ1) is 10.5. The van der Waals surface area contributed by atoms with Gasteiger partial charge in [-0.25, -0.2) is 4.98 Å². The Labute approximate surface area is 139 Å². The third kappa shape index (κ3) is 2.45. The first kappa shape index (κ1) is 14.9. The predicted molar refractivity (Wildman–Crippen MR) is 89.1 cm³/mol. The number of fused-ring (bicyclic) bond motifs is 1. The number of rotatable bonds is 3. The van der Waals surface area contributed by atoms with E-state index in [1.54, 1.807) is 30.5 Å². The highest BCUT2D eigenvalue weighted by Gasteiger charge is 2.19. The smallest absolute Gasteiger partial charge is 0.260 e. The van der Waals surface area contributed by atoms with Gasteiger partial charge in [-0.15, -0.1) is 11.3 Å². The fourth-order valence-electron chi connectivity index (χ4n) is 1.97. The van der Waals surface area contributed by atoms with Crippen molar-refractivity contribution < 1.29 is 9.53 Å². The summed E-state index contributed by atoms with van der Waals surface area (Å²) >= 11 is 13.2. The molecular weight excluding hydrogens is 345 g/mol. The minimum atomic E-state index is -0.604. The van der Waals surface area contributed by atoms with Gasteiger partial charge in [0, 0.05) is 6.20 Å². The Morgan fingerprint density at radius 3 is 2.73 bits per heavy atom. The van der Waals surface area contributed by atoms with Crippen LogP contribution in [-0.4, -0.2) is 10.9 Å². The molecule has 4 N–H and O–H groups in total. The lowest BCUT2D eigenvalue weighted by Crippen LogP contribution is -2.10. The summed E-state index contributed by atoms with van der Waals surface area (Å²) in [6, 6.07) is 6.68. The fourth-order valence-corrected chi connectivity index (χ4v) is 3.23. The Kier molecular flexibility index (Phi) is 3.82. The molecule has 22 heavy (non-hydrogen) atoms. The molecule has 3 rings (SSSR count). The van der Waals surface area contributed by atoms with Crippen LogP contribution in [0.3, 0.4) is 0 Å². The van der Waals surface area contributed by atoms with E-state index in [2.05, 4.69) is 4.98 Å². The molecule has 0 fully saturated rings. The Balaban J connectivity index is 2.15. The van der Waals surface area contributed by atoms with Crippen molar-refractivity contribution in [3.8, 4) is 11.5 Å². The summed E-state index contributed by atoms with van der Waals surface area (Å²) in [5.41, 5.74) is 11.5. The van der Waals surface area contributed by atoms with Crippen molar-refractivity contribution in [2.75, 3.05) is 5.73 Å².